The van der Waals surface area contributed by atoms with Crippen LogP contribution in [0.5, 0.6) is 0 Å². The first kappa shape index (κ1) is 22.2. The highest BCUT2D eigenvalue weighted by Gasteiger charge is 2.27. The second kappa shape index (κ2) is 9.57. The fourth-order valence-corrected chi connectivity index (χ4v) is 4.59. The van der Waals surface area contributed by atoms with Crippen LogP contribution in [-0.4, -0.2) is 50.8 Å². The smallest absolute Gasteiger partial charge is 0.243 e. The Morgan fingerprint density at radius 1 is 1.07 bits per heavy atom. The summed E-state index contributed by atoms with van der Waals surface area (Å²) in [5.74, 6) is -0.521. The van der Waals surface area contributed by atoms with Crippen LogP contribution in [0.2, 0.25) is 5.02 Å². The Morgan fingerprint density at radius 3 is 2.37 bits per heavy atom. The van der Waals surface area contributed by atoms with E-state index in [-0.39, 0.29) is 46.9 Å². The Kier molecular flexibility index (Phi) is 7.09. The minimum Gasteiger partial charge on any atom is -0.379 e. The van der Waals surface area contributed by atoms with E-state index in [1.807, 2.05) is 0 Å². The first-order chi connectivity index (χ1) is 14.3. The lowest BCUT2D eigenvalue weighted by molar-refractivity contribution is -0.116. The standard InChI is InChI=1S/C20H22ClN3O5S/c1-14(25)22-16-4-2-15(3-5-16)12-20(26)23-19-13-17(6-7-18(19)21)30(27,28)24-8-10-29-11-9-24/h2-7,13H,8-12H2,1H3,(H,22,25)(H,23,26). The van der Waals surface area contributed by atoms with Gasteiger partial charge >= 0.3 is 0 Å². The highest BCUT2D eigenvalue weighted by Crippen LogP contribution is 2.27. The molecule has 0 spiro atoms. The van der Waals surface area contributed by atoms with E-state index in [9.17, 15) is 18.0 Å². The van der Waals surface area contributed by atoms with Crippen molar-refractivity contribution in [3.63, 3.8) is 0 Å². The topological polar surface area (TPSA) is 105 Å². The van der Waals surface area contributed by atoms with E-state index in [2.05, 4.69) is 10.6 Å². The largest absolute Gasteiger partial charge is 0.379 e. The lowest BCUT2D eigenvalue weighted by Gasteiger charge is -2.26. The zero-order valence-electron chi connectivity index (χ0n) is 16.4. The van der Waals surface area contributed by atoms with Gasteiger partial charge < -0.3 is 15.4 Å². The fourth-order valence-electron chi connectivity index (χ4n) is 2.99. The van der Waals surface area contributed by atoms with Gasteiger partial charge in [0.1, 0.15) is 0 Å². The molecule has 2 aromatic rings. The van der Waals surface area contributed by atoms with Crippen LogP contribution in [0.1, 0.15) is 12.5 Å². The Bertz CT molecular complexity index is 1030. The van der Waals surface area contributed by atoms with Gasteiger partial charge in [-0.2, -0.15) is 4.31 Å². The summed E-state index contributed by atoms with van der Waals surface area (Å²) in [6.45, 7) is 2.66. The number of carbonyl (C=O) groups is 2. The van der Waals surface area contributed by atoms with Crippen LogP contribution in [-0.2, 0) is 30.8 Å². The van der Waals surface area contributed by atoms with Crippen molar-refractivity contribution in [2.75, 3.05) is 36.9 Å². The van der Waals surface area contributed by atoms with Crippen molar-refractivity contribution in [1.29, 1.82) is 0 Å². The van der Waals surface area contributed by atoms with Crippen molar-refractivity contribution < 1.29 is 22.7 Å². The molecule has 1 fully saturated rings. The number of benzene rings is 2. The Balaban J connectivity index is 1.70. The second-order valence-corrected chi connectivity index (χ2v) is 9.11. The summed E-state index contributed by atoms with van der Waals surface area (Å²) in [6, 6.07) is 11.1. The van der Waals surface area contributed by atoms with Gasteiger partial charge in [0.25, 0.3) is 0 Å². The molecule has 8 nitrogen and oxygen atoms in total. The van der Waals surface area contributed by atoms with E-state index < -0.39 is 10.0 Å². The molecule has 2 N–H and O–H groups in total. The molecular weight excluding hydrogens is 430 g/mol. The number of anilines is 2. The average Bonchev–Trinajstić information content (AvgIpc) is 2.71. The van der Waals surface area contributed by atoms with Gasteiger partial charge in [-0.3, -0.25) is 9.59 Å². The maximum absolute atomic E-state index is 12.8. The predicted molar refractivity (Wildman–Crippen MR) is 114 cm³/mol. The minimum absolute atomic E-state index is 0.0590. The third kappa shape index (κ3) is 5.57. The van der Waals surface area contributed by atoms with E-state index in [0.29, 0.717) is 18.9 Å². The maximum Gasteiger partial charge on any atom is 0.243 e. The number of hydrogen-bond donors (Lipinski definition) is 2. The molecule has 1 aliphatic heterocycles. The van der Waals surface area contributed by atoms with Gasteiger partial charge in [0.2, 0.25) is 21.8 Å². The first-order valence-corrected chi connectivity index (χ1v) is 11.1. The van der Waals surface area contributed by atoms with E-state index in [4.69, 9.17) is 16.3 Å². The molecule has 0 aromatic heterocycles. The van der Waals surface area contributed by atoms with Crippen LogP contribution in [0.25, 0.3) is 0 Å². The van der Waals surface area contributed by atoms with Crippen molar-refractivity contribution >= 4 is 44.8 Å². The number of carbonyl (C=O) groups excluding carboxylic acids is 2. The summed E-state index contributed by atoms with van der Waals surface area (Å²) < 4.78 is 32.2. The first-order valence-electron chi connectivity index (χ1n) is 9.29. The van der Waals surface area contributed by atoms with Gasteiger partial charge in [0.05, 0.1) is 35.2 Å². The second-order valence-electron chi connectivity index (χ2n) is 6.76. The fraction of sp³-hybridized carbons (Fsp3) is 0.300. The molecule has 0 aliphatic carbocycles. The van der Waals surface area contributed by atoms with Crippen LogP contribution in [0.3, 0.4) is 0 Å². The van der Waals surface area contributed by atoms with E-state index in [1.165, 1.54) is 29.4 Å². The van der Waals surface area contributed by atoms with Crippen molar-refractivity contribution in [3.8, 4) is 0 Å². The number of rotatable bonds is 6. The van der Waals surface area contributed by atoms with Crippen molar-refractivity contribution in [2.45, 2.75) is 18.2 Å². The van der Waals surface area contributed by atoms with E-state index in [0.717, 1.165) is 5.56 Å². The van der Waals surface area contributed by atoms with Crippen LogP contribution in [0.4, 0.5) is 11.4 Å². The number of nitrogens with one attached hydrogen (secondary N) is 2. The van der Waals surface area contributed by atoms with Gasteiger partial charge in [-0.05, 0) is 35.9 Å². The van der Waals surface area contributed by atoms with E-state index >= 15 is 0 Å². The zero-order chi connectivity index (χ0) is 21.7. The molecule has 2 aromatic carbocycles. The van der Waals surface area contributed by atoms with Crippen molar-refractivity contribution in [3.05, 3.63) is 53.1 Å². The van der Waals surface area contributed by atoms with Crippen molar-refractivity contribution in [1.82, 2.24) is 4.31 Å². The summed E-state index contributed by atoms with van der Waals surface area (Å²) >= 11 is 6.17. The van der Waals surface area contributed by atoms with Crippen LogP contribution in [0.15, 0.2) is 47.4 Å². The van der Waals surface area contributed by atoms with Gasteiger partial charge in [0, 0.05) is 25.7 Å². The molecule has 0 bridgehead atoms. The predicted octanol–water partition coefficient (Wildman–Crippen LogP) is 2.50. The monoisotopic (exact) mass is 451 g/mol. The number of sulfonamides is 1. The molecule has 0 atom stereocenters. The molecule has 1 aliphatic rings. The number of hydrogen-bond acceptors (Lipinski definition) is 5. The Hall–Kier alpha value is -2.46. The molecule has 3 rings (SSSR count). The van der Waals surface area contributed by atoms with E-state index in [1.54, 1.807) is 24.3 Å². The Morgan fingerprint density at radius 2 is 1.73 bits per heavy atom. The van der Waals surface area contributed by atoms with Gasteiger partial charge in [-0.1, -0.05) is 23.7 Å². The molecule has 160 valence electrons. The molecule has 0 radical (unpaired) electrons. The summed E-state index contributed by atoms with van der Waals surface area (Å²) in [5.41, 5.74) is 1.59. The summed E-state index contributed by atoms with van der Waals surface area (Å²) in [7, 11) is -3.70. The van der Waals surface area contributed by atoms with Crippen molar-refractivity contribution in [2.24, 2.45) is 0 Å². The van der Waals surface area contributed by atoms with Crippen LogP contribution >= 0.6 is 11.6 Å². The molecular formula is C20H22ClN3O5S. The summed E-state index contributed by atoms with van der Waals surface area (Å²) in [6.07, 6.45) is 0.0666. The SMILES string of the molecule is CC(=O)Nc1ccc(CC(=O)Nc2cc(S(=O)(=O)N3CCOCC3)ccc2Cl)cc1. The number of amides is 2. The maximum atomic E-state index is 12.8. The molecule has 2 amide bonds. The lowest BCUT2D eigenvalue weighted by Crippen LogP contribution is -2.40. The van der Waals surface area contributed by atoms with Crippen LogP contribution in [0, 0.1) is 0 Å². The third-order valence-electron chi connectivity index (χ3n) is 4.46. The Labute approximate surface area is 180 Å². The quantitative estimate of drug-likeness (QED) is 0.702. The highest BCUT2D eigenvalue weighted by atomic mass is 35.5. The summed E-state index contributed by atoms with van der Waals surface area (Å²) in [4.78, 5) is 23.6. The molecule has 0 unspecified atom stereocenters. The number of nitrogens with zero attached hydrogens (tertiary/aromatic N) is 1. The normalized spacial score (nSPS) is 14.9. The average molecular weight is 452 g/mol. The third-order valence-corrected chi connectivity index (χ3v) is 6.68. The highest BCUT2D eigenvalue weighted by molar-refractivity contribution is 7.89. The number of morpholine rings is 1. The van der Waals surface area contributed by atoms with Gasteiger partial charge in [-0.25, -0.2) is 8.42 Å². The minimum atomic E-state index is -3.70. The van der Waals surface area contributed by atoms with Gasteiger partial charge in [0.15, 0.2) is 0 Å². The molecule has 1 saturated heterocycles. The number of ether oxygens (including phenoxy) is 1. The molecule has 1 heterocycles. The molecule has 10 heteroatoms. The van der Waals surface area contributed by atoms with Crippen LogP contribution < -0.4 is 10.6 Å². The number of halogens is 1. The zero-order valence-corrected chi connectivity index (χ0v) is 17.9. The van der Waals surface area contributed by atoms with Gasteiger partial charge in [-0.15, -0.1) is 0 Å². The molecule has 30 heavy (non-hydrogen) atoms. The summed E-state index contributed by atoms with van der Waals surface area (Å²) in [5, 5.41) is 5.57. The lowest BCUT2D eigenvalue weighted by atomic mass is 10.1. The molecule has 0 saturated carbocycles.